The van der Waals surface area contributed by atoms with Crippen molar-refractivity contribution in [3.05, 3.63) is 232 Å². The summed E-state index contributed by atoms with van der Waals surface area (Å²) in [6.45, 7) is 57.7. The topological polar surface area (TPSA) is 29.9 Å². The van der Waals surface area contributed by atoms with Crippen LogP contribution in [-0.4, -0.2) is 4.57 Å². The summed E-state index contributed by atoms with van der Waals surface area (Å²) in [5, 5.41) is 2.37. The molecule has 9 aromatic carbocycles. The van der Waals surface area contributed by atoms with Crippen molar-refractivity contribution in [2.45, 2.75) is 216 Å². The molecule has 0 radical (unpaired) electrons. The third kappa shape index (κ3) is 14.3. The second kappa shape index (κ2) is 23.8. The molecule has 0 aliphatic carbocycles. The largest absolute Gasteiger partial charge is 0.457 e. The summed E-state index contributed by atoms with van der Waals surface area (Å²) < 4.78 is 16.8. The monoisotopic (exact) mass is 1220 g/mol. The van der Waals surface area contributed by atoms with Crippen LogP contribution in [0.4, 0.5) is 34.1 Å². The minimum Gasteiger partial charge on any atom is -0.457 e. The third-order valence-corrected chi connectivity index (χ3v) is 18.4. The highest BCUT2D eigenvalue weighted by Crippen LogP contribution is 2.48. The quantitative estimate of drug-likeness (QED) is 0.129. The van der Waals surface area contributed by atoms with E-state index in [1.54, 1.807) is 0 Å². The van der Waals surface area contributed by atoms with Gasteiger partial charge in [-0.25, -0.2) is 0 Å². The first-order chi connectivity index (χ1) is 42.5. The summed E-state index contributed by atoms with van der Waals surface area (Å²) >= 11 is 0. The first-order valence-corrected chi connectivity index (χ1v) is 33.5. The van der Waals surface area contributed by atoms with E-state index >= 15 is 0 Å². The van der Waals surface area contributed by atoms with Gasteiger partial charge in [0.2, 0.25) is 0 Å². The molecule has 1 aromatic heterocycles. The minimum atomic E-state index is -0.0756. The summed E-state index contributed by atoms with van der Waals surface area (Å²) in [5.41, 5.74) is 20.5. The zero-order chi connectivity index (χ0) is 67.2. The molecule has 0 amide bonds. The predicted octanol–water partition coefficient (Wildman–Crippen LogP) is 26.0. The lowest BCUT2D eigenvalue weighted by Crippen LogP contribution is -2.21. The van der Waals surface area contributed by atoms with Gasteiger partial charge in [0, 0.05) is 62.6 Å². The van der Waals surface area contributed by atoms with Gasteiger partial charge in [0.25, 0.3) is 0 Å². The SMILES string of the molecule is Cc1c(Oc2ccc(N(c3cc(C(C)(C)C)cc(C(C)(C)C)c3)c3cc(C(C)(C)C)cc(C(C)(C)C)c3)cc2)cc(-n2c3ccccc3c3ccccc32)cc1Oc1ccc(N(c2cc(C(C)(C)C)cc(C(C)(C)C)c2)c2cc(C(C)(C)C)cc(C(C)(C)C)c2)cc1. The maximum Gasteiger partial charge on any atom is 0.136 e. The van der Waals surface area contributed by atoms with Crippen LogP contribution in [0.2, 0.25) is 0 Å². The van der Waals surface area contributed by atoms with Crippen molar-refractivity contribution in [1.29, 1.82) is 0 Å². The zero-order valence-corrected chi connectivity index (χ0v) is 60.5. The van der Waals surface area contributed by atoms with Gasteiger partial charge in [-0.1, -0.05) is 227 Å². The van der Waals surface area contributed by atoms with E-state index in [0.717, 1.165) is 67.9 Å². The Bertz CT molecular complexity index is 3790. The van der Waals surface area contributed by atoms with Gasteiger partial charge in [0.05, 0.1) is 16.7 Å². The first-order valence-electron chi connectivity index (χ1n) is 33.5. The normalized spacial score (nSPS) is 13.1. The lowest BCUT2D eigenvalue weighted by molar-refractivity contribution is 0.453. The number of hydrogen-bond donors (Lipinski definition) is 0. The highest BCUT2D eigenvalue weighted by atomic mass is 16.5. The molecule has 0 unspecified atom stereocenters. The van der Waals surface area contributed by atoms with Crippen LogP contribution in [-0.2, 0) is 43.3 Å². The summed E-state index contributed by atoms with van der Waals surface area (Å²) in [5.74, 6) is 2.85. The fourth-order valence-corrected chi connectivity index (χ4v) is 12.1. The number of ether oxygens (including phenoxy) is 2. The summed E-state index contributed by atoms with van der Waals surface area (Å²) in [7, 11) is 0. The molecular weight excluding hydrogens is 1120 g/mol. The van der Waals surface area contributed by atoms with E-state index < -0.39 is 0 Å². The Balaban J connectivity index is 1.11. The van der Waals surface area contributed by atoms with E-state index in [-0.39, 0.29) is 43.3 Å². The molecule has 0 bridgehead atoms. The standard InChI is InChI=1S/C87H105N3O2/c1-56-78(91-72-38-34-65(35-39-72)88(67-46-57(80(2,3)4)42-58(47-67)81(5,6)7)68-48-59(82(8,9)10)43-60(49-68)83(11,12)13)54-71(90-76-32-28-26-30-74(76)75-31-27-29-33-77(75)90)55-79(56)92-73-40-36-66(37-41-73)89(69-50-61(84(14,15)16)44-62(51-69)85(17,18)19)70-52-63(86(20,21)22)45-64(53-70)87(23,24)25/h26-55H,1-25H3. The fraction of sp³-hybridized carbons (Fsp3) is 0.379. The van der Waals surface area contributed by atoms with Crippen LogP contribution in [0.15, 0.2) is 182 Å². The molecule has 0 saturated heterocycles. The van der Waals surface area contributed by atoms with Gasteiger partial charge >= 0.3 is 0 Å². The molecule has 5 heteroatoms. The summed E-state index contributed by atoms with van der Waals surface area (Å²) in [4.78, 5) is 4.92. The van der Waals surface area contributed by atoms with Gasteiger partial charge < -0.3 is 23.8 Å². The second-order valence-corrected chi connectivity index (χ2v) is 34.4. The molecule has 1 heterocycles. The van der Waals surface area contributed by atoms with Gasteiger partial charge in [0.1, 0.15) is 23.0 Å². The molecule has 0 atom stereocenters. The highest BCUT2D eigenvalue weighted by Gasteiger charge is 2.30. The Morgan fingerprint density at radius 3 is 0.717 bits per heavy atom. The van der Waals surface area contributed by atoms with E-state index in [2.05, 4.69) is 369 Å². The minimum absolute atomic E-state index is 0.0756. The molecule has 0 fully saturated rings. The van der Waals surface area contributed by atoms with Gasteiger partial charge in [-0.2, -0.15) is 0 Å². The molecule has 10 aromatic rings. The number of aromatic nitrogens is 1. The van der Waals surface area contributed by atoms with Gasteiger partial charge in [0.15, 0.2) is 0 Å². The number of rotatable bonds is 11. The van der Waals surface area contributed by atoms with Gasteiger partial charge in [-0.05, 0) is 204 Å². The van der Waals surface area contributed by atoms with Crippen molar-refractivity contribution in [2.24, 2.45) is 0 Å². The third-order valence-electron chi connectivity index (χ3n) is 18.4. The second-order valence-electron chi connectivity index (χ2n) is 34.4. The van der Waals surface area contributed by atoms with Crippen molar-refractivity contribution in [3.63, 3.8) is 0 Å². The lowest BCUT2D eigenvalue weighted by atomic mass is 9.79. The Kier molecular flexibility index (Phi) is 17.3. The number of para-hydroxylation sites is 2. The van der Waals surface area contributed by atoms with Gasteiger partial charge in [-0.15, -0.1) is 0 Å². The van der Waals surface area contributed by atoms with Crippen molar-refractivity contribution in [1.82, 2.24) is 4.57 Å². The maximum absolute atomic E-state index is 7.22. The fourth-order valence-electron chi connectivity index (χ4n) is 12.1. The molecular formula is C87H105N3O2. The van der Waals surface area contributed by atoms with E-state index in [0.29, 0.717) is 11.5 Å². The van der Waals surface area contributed by atoms with Crippen molar-refractivity contribution < 1.29 is 9.47 Å². The molecule has 480 valence electrons. The predicted molar refractivity (Wildman–Crippen MR) is 398 cm³/mol. The molecule has 0 spiro atoms. The van der Waals surface area contributed by atoms with Crippen LogP contribution in [0.5, 0.6) is 23.0 Å². The lowest BCUT2D eigenvalue weighted by Gasteiger charge is -2.33. The van der Waals surface area contributed by atoms with E-state index in [9.17, 15) is 0 Å². The number of anilines is 6. The molecule has 5 nitrogen and oxygen atoms in total. The van der Waals surface area contributed by atoms with Crippen LogP contribution in [0, 0.1) is 6.92 Å². The van der Waals surface area contributed by atoms with Crippen LogP contribution >= 0.6 is 0 Å². The van der Waals surface area contributed by atoms with E-state index in [1.165, 1.54) is 55.3 Å². The molecule has 0 saturated carbocycles. The summed E-state index contributed by atoms with van der Waals surface area (Å²) in [6, 6.07) is 67.9. The van der Waals surface area contributed by atoms with Gasteiger partial charge in [-0.3, -0.25) is 0 Å². The van der Waals surface area contributed by atoms with Crippen LogP contribution in [0.1, 0.15) is 216 Å². The molecule has 92 heavy (non-hydrogen) atoms. The number of fused-ring (bicyclic) bond motifs is 3. The number of benzene rings is 9. The smallest absolute Gasteiger partial charge is 0.136 e. The van der Waals surface area contributed by atoms with E-state index in [4.69, 9.17) is 9.47 Å². The van der Waals surface area contributed by atoms with Crippen molar-refractivity contribution in [3.8, 4) is 28.7 Å². The van der Waals surface area contributed by atoms with Crippen molar-refractivity contribution >= 4 is 55.9 Å². The first kappa shape index (κ1) is 66.9. The Hall–Kier alpha value is -8.02. The van der Waals surface area contributed by atoms with Crippen LogP contribution in [0.3, 0.4) is 0 Å². The maximum atomic E-state index is 7.22. The average Bonchev–Trinajstić information content (AvgIpc) is 1.38. The Morgan fingerprint density at radius 2 is 0.489 bits per heavy atom. The number of hydrogen-bond acceptors (Lipinski definition) is 4. The molecule has 0 aliphatic rings. The Morgan fingerprint density at radius 1 is 0.261 bits per heavy atom. The van der Waals surface area contributed by atoms with Crippen LogP contribution < -0.4 is 19.3 Å². The molecule has 0 N–H and O–H groups in total. The Labute approximate surface area is 553 Å². The molecule has 10 rings (SSSR count). The average molecular weight is 1220 g/mol. The van der Waals surface area contributed by atoms with Crippen LogP contribution in [0.25, 0.3) is 27.5 Å². The number of nitrogens with zero attached hydrogens (tertiary/aromatic N) is 3. The zero-order valence-electron chi connectivity index (χ0n) is 60.5. The molecule has 0 aliphatic heterocycles. The van der Waals surface area contributed by atoms with Crippen molar-refractivity contribution in [2.75, 3.05) is 9.80 Å². The highest BCUT2D eigenvalue weighted by molar-refractivity contribution is 6.09. The van der Waals surface area contributed by atoms with E-state index in [1.807, 2.05) is 0 Å². The summed E-state index contributed by atoms with van der Waals surface area (Å²) in [6.07, 6.45) is 0.